The Kier molecular flexibility index (Phi) is 2.31. The Bertz CT molecular complexity index is 650. The van der Waals surface area contributed by atoms with E-state index in [4.69, 9.17) is 11.6 Å². The van der Waals surface area contributed by atoms with Crippen LogP contribution in [-0.4, -0.2) is 15.0 Å². The van der Waals surface area contributed by atoms with Crippen molar-refractivity contribution in [3.8, 4) is 10.6 Å². The van der Waals surface area contributed by atoms with Gasteiger partial charge >= 0.3 is 0 Å². The summed E-state index contributed by atoms with van der Waals surface area (Å²) in [4.78, 5) is 13.9. The number of rotatable bonds is 1. The van der Waals surface area contributed by atoms with Crippen LogP contribution in [0.1, 0.15) is 0 Å². The molecule has 0 bridgehead atoms. The molecule has 3 nitrogen and oxygen atoms in total. The topological polar surface area (TPSA) is 38.7 Å². The van der Waals surface area contributed by atoms with E-state index in [1.165, 1.54) is 11.3 Å². The lowest BCUT2D eigenvalue weighted by molar-refractivity contribution is 1.23. The molecule has 3 rings (SSSR count). The van der Waals surface area contributed by atoms with Gasteiger partial charge in [0, 0.05) is 6.20 Å². The van der Waals surface area contributed by atoms with Gasteiger partial charge < -0.3 is 0 Å². The highest BCUT2D eigenvalue weighted by atomic mass is 35.5. The molecule has 0 N–H and O–H groups in total. The molecular weight excluding hydrogens is 242 g/mol. The maximum Gasteiger partial charge on any atom is 0.178 e. The molecule has 0 unspecified atom stereocenters. The van der Waals surface area contributed by atoms with Gasteiger partial charge in [-0.05, 0) is 24.3 Å². The van der Waals surface area contributed by atoms with Crippen LogP contribution in [0.25, 0.3) is 21.7 Å². The van der Waals surface area contributed by atoms with E-state index in [1.807, 2.05) is 24.3 Å². The Morgan fingerprint density at radius 2 is 2.06 bits per heavy atom. The molecule has 0 fully saturated rings. The molecule has 0 spiro atoms. The van der Waals surface area contributed by atoms with Gasteiger partial charge in [0.1, 0.15) is 11.2 Å². The maximum atomic E-state index is 5.88. The first-order chi connectivity index (χ1) is 7.83. The molecule has 16 heavy (non-hydrogen) atoms. The van der Waals surface area contributed by atoms with Gasteiger partial charge in [-0.2, -0.15) is 0 Å². The van der Waals surface area contributed by atoms with Crippen molar-refractivity contribution < 1.29 is 0 Å². The highest BCUT2D eigenvalue weighted by Crippen LogP contribution is 2.29. The molecule has 0 aliphatic heterocycles. The monoisotopic (exact) mass is 247 g/mol. The Morgan fingerprint density at radius 1 is 1.12 bits per heavy atom. The third-order valence-corrected chi connectivity index (χ3v) is 3.40. The number of nitrogens with zero attached hydrogens (tertiary/aromatic N) is 3. The van der Waals surface area contributed by atoms with Gasteiger partial charge in [0.05, 0.1) is 15.4 Å². The van der Waals surface area contributed by atoms with Crippen molar-refractivity contribution in [2.24, 2.45) is 0 Å². The lowest BCUT2D eigenvalue weighted by atomic mass is 10.3. The zero-order valence-electron chi connectivity index (χ0n) is 8.09. The minimum absolute atomic E-state index is 0.657. The van der Waals surface area contributed by atoms with Crippen LogP contribution in [0.4, 0.5) is 0 Å². The molecule has 3 heterocycles. The van der Waals surface area contributed by atoms with Crippen molar-refractivity contribution in [1.82, 2.24) is 15.0 Å². The van der Waals surface area contributed by atoms with Gasteiger partial charge in [-0.25, -0.2) is 9.97 Å². The first kappa shape index (κ1) is 9.69. The van der Waals surface area contributed by atoms with Gasteiger partial charge in [0.15, 0.2) is 5.65 Å². The van der Waals surface area contributed by atoms with Crippen molar-refractivity contribution in [1.29, 1.82) is 0 Å². The quantitative estimate of drug-likeness (QED) is 0.662. The molecule has 3 aromatic rings. The molecule has 0 saturated heterocycles. The molecule has 0 radical (unpaired) electrons. The Hall–Kier alpha value is -1.52. The second-order valence-corrected chi connectivity index (χ2v) is 4.92. The van der Waals surface area contributed by atoms with Crippen LogP contribution in [0.2, 0.25) is 4.34 Å². The van der Waals surface area contributed by atoms with Crippen molar-refractivity contribution >= 4 is 34.1 Å². The summed E-state index contributed by atoms with van der Waals surface area (Å²) in [6.45, 7) is 0. The molecule has 0 saturated carbocycles. The summed E-state index contributed by atoms with van der Waals surface area (Å²) in [5.74, 6) is 0. The van der Waals surface area contributed by atoms with Crippen LogP contribution in [0, 0.1) is 0 Å². The average molecular weight is 248 g/mol. The molecule has 0 aliphatic carbocycles. The SMILES string of the molecule is Clc1ccc(-c2cnc3cccnc3n2)s1. The first-order valence-electron chi connectivity index (χ1n) is 4.66. The van der Waals surface area contributed by atoms with Crippen molar-refractivity contribution in [3.63, 3.8) is 0 Å². The lowest BCUT2D eigenvalue weighted by Crippen LogP contribution is -1.88. The number of pyridine rings is 1. The highest BCUT2D eigenvalue weighted by Gasteiger charge is 2.05. The summed E-state index contributed by atoms with van der Waals surface area (Å²) in [5.41, 5.74) is 2.27. The number of halogens is 1. The van der Waals surface area contributed by atoms with Crippen LogP contribution in [0.3, 0.4) is 0 Å². The molecule has 0 amide bonds. The smallest absolute Gasteiger partial charge is 0.178 e. The highest BCUT2D eigenvalue weighted by molar-refractivity contribution is 7.19. The zero-order valence-corrected chi connectivity index (χ0v) is 9.66. The number of hydrogen-bond donors (Lipinski definition) is 0. The molecule has 0 aliphatic rings. The van der Waals surface area contributed by atoms with E-state index in [0.717, 1.165) is 20.4 Å². The summed E-state index contributed by atoms with van der Waals surface area (Å²) in [5, 5.41) is 0. The van der Waals surface area contributed by atoms with Crippen LogP contribution in [0.15, 0.2) is 36.7 Å². The van der Waals surface area contributed by atoms with Crippen LogP contribution >= 0.6 is 22.9 Å². The summed E-state index contributed by atoms with van der Waals surface area (Å²) >= 11 is 7.37. The third-order valence-electron chi connectivity index (χ3n) is 2.14. The van der Waals surface area contributed by atoms with Crippen molar-refractivity contribution in [3.05, 3.63) is 41.0 Å². The fourth-order valence-corrected chi connectivity index (χ4v) is 2.42. The van der Waals surface area contributed by atoms with Crippen LogP contribution in [0.5, 0.6) is 0 Å². The molecular formula is C11H6ClN3S. The number of hydrogen-bond acceptors (Lipinski definition) is 4. The first-order valence-corrected chi connectivity index (χ1v) is 5.86. The van der Waals surface area contributed by atoms with Gasteiger partial charge in [-0.1, -0.05) is 11.6 Å². The van der Waals surface area contributed by atoms with Crippen molar-refractivity contribution in [2.75, 3.05) is 0 Å². The minimum Gasteiger partial charge on any atom is -0.251 e. The van der Waals surface area contributed by atoms with E-state index in [-0.39, 0.29) is 0 Å². The average Bonchev–Trinajstić information content (AvgIpc) is 2.75. The van der Waals surface area contributed by atoms with E-state index < -0.39 is 0 Å². The summed E-state index contributed by atoms with van der Waals surface area (Å²) in [6.07, 6.45) is 3.45. The summed E-state index contributed by atoms with van der Waals surface area (Å²) in [6, 6.07) is 7.52. The maximum absolute atomic E-state index is 5.88. The predicted octanol–water partition coefficient (Wildman–Crippen LogP) is 3.41. The van der Waals surface area contributed by atoms with Gasteiger partial charge in [-0.15, -0.1) is 11.3 Å². The van der Waals surface area contributed by atoms with Gasteiger partial charge in [-0.3, -0.25) is 4.98 Å². The van der Waals surface area contributed by atoms with Gasteiger partial charge in [0.2, 0.25) is 0 Å². The van der Waals surface area contributed by atoms with Crippen LogP contribution < -0.4 is 0 Å². The van der Waals surface area contributed by atoms with E-state index in [9.17, 15) is 0 Å². The van der Waals surface area contributed by atoms with Crippen molar-refractivity contribution in [2.45, 2.75) is 0 Å². The normalized spacial score (nSPS) is 10.8. The van der Waals surface area contributed by atoms with E-state index >= 15 is 0 Å². The molecule has 3 aromatic heterocycles. The fourth-order valence-electron chi connectivity index (χ4n) is 1.42. The Balaban J connectivity index is 2.18. The molecule has 78 valence electrons. The summed E-state index contributed by atoms with van der Waals surface area (Å²) in [7, 11) is 0. The number of thiophene rings is 1. The van der Waals surface area contributed by atoms with Crippen LogP contribution in [-0.2, 0) is 0 Å². The molecule has 0 aromatic carbocycles. The lowest BCUT2D eigenvalue weighted by Gasteiger charge is -1.98. The standard InChI is InChI=1S/C11H6ClN3S/c12-10-4-3-9(16-10)8-6-14-7-2-1-5-13-11(7)15-8/h1-6H. The van der Waals surface area contributed by atoms with E-state index in [0.29, 0.717) is 5.65 Å². The third kappa shape index (κ3) is 1.66. The Morgan fingerprint density at radius 3 is 2.88 bits per heavy atom. The second kappa shape index (κ2) is 3.81. The summed E-state index contributed by atoms with van der Waals surface area (Å²) < 4.78 is 0.748. The fraction of sp³-hybridized carbons (Fsp3) is 0. The molecule has 0 atom stereocenters. The zero-order chi connectivity index (χ0) is 11.0. The second-order valence-electron chi connectivity index (χ2n) is 3.21. The largest absolute Gasteiger partial charge is 0.251 e. The number of fused-ring (bicyclic) bond motifs is 1. The molecule has 5 heteroatoms. The van der Waals surface area contributed by atoms with Gasteiger partial charge in [0.25, 0.3) is 0 Å². The van der Waals surface area contributed by atoms with E-state index in [2.05, 4.69) is 15.0 Å². The number of aromatic nitrogens is 3. The minimum atomic E-state index is 0.657. The predicted molar refractivity (Wildman–Crippen MR) is 65.7 cm³/mol. The van der Waals surface area contributed by atoms with E-state index in [1.54, 1.807) is 12.4 Å². The Labute approximate surface area is 101 Å².